The summed E-state index contributed by atoms with van der Waals surface area (Å²) in [5.74, 6) is -0.563. The summed E-state index contributed by atoms with van der Waals surface area (Å²) in [6.07, 6.45) is -1.61. The van der Waals surface area contributed by atoms with E-state index in [-0.39, 0.29) is 17.1 Å². The molecular formula is C18H13ClF3N3OS. The van der Waals surface area contributed by atoms with Crippen molar-refractivity contribution in [3.63, 3.8) is 0 Å². The first-order valence-corrected chi connectivity index (χ1v) is 9.09. The molecule has 3 rings (SSSR count). The van der Waals surface area contributed by atoms with E-state index in [1.54, 1.807) is 30.3 Å². The Morgan fingerprint density at radius 3 is 2.56 bits per heavy atom. The zero-order chi connectivity index (χ0) is 19.4. The molecule has 0 spiro atoms. The minimum absolute atomic E-state index is 0.0279. The number of amides is 1. The summed E-state index contributed by atoms with van der Waals surface area (Å²) in [5.41, 5.74) is -0.971. The standard InChI is InChI=1S/C18H13ClF3N3OS/c19-12-2-5-14(6-3-12)27-11-17(26)24-16-7-4-13(25-9-1-8-23-25)10-15(16)18(20,21)22/h1-10H,11H2,(H,24,26). The van der Waals surface area contributed by atoms with Crippen molar-refractivity contribution in [3.05, 3.63) is 71.5 Å². The normalized spacial score (nSPS) is 11.4. The van der Waals surface area contributed by atoms with Crippen molar-refractivity contribution in [1.82, 2.24) is 9.78 Å². The maximum atomic E-state index is 13.4. The number of rotatable bonds is 5. The summed E-state index contributed by atoms with van der Waals surface area (Å²) in [4.78, 5) is 12.9. The third-order valence-corrected chi connectivity index (χ3v) is 4.80. The van der Waals surface area contributed by atoms with Crippen molar-refractivity contribution in [3.8, 4) is 5.69 Å². The quantitative estimate of drug-likeness (QED) is 0.581. The second kappa shape index (κ2) is 8.06. The van der Waals surface area contributed by atoms with Crippen LogP contribution in [0.3, 0.4) is 0 Å². The summed E-state index contributed by atoms with van der Waals surface area (Å²) in [7, 11) is 0. The van der Waals surface area contributed by atoms with Crippen LogP contribution < -0.4 is 5.32 Å². The molecule has 140 valence electrons. The molecule has 0 aliphatic carbocycles. The lowest BCUT2D eigenvalue weighted by atomic mass is 10.1. The van der Waals surface area contributed by atoms with Crippen LogP contribution in [0.4, 0.5) is 18.9 Å². The van der Waals surface area contributed by atoms with Crippen molar-refractivity contribution in [1.29, 1.82) is 0 Å². The average molecular weight is 412 g/mol. The number of thioether (sulfide) groups is 1. The van der Waals surface area contributed by atoms with Gasteiger partial charge in [-0.15, -0.1) is 11.8 Å². The fraction of sp³-hybridized carbons (Fsp3) is 0.111. The van der Waals surface area contributed by atoms with Crippen LogP contribution in [0.2, 0.25) is 5.02 Å². The number of hydrogen-bond acceptors (Lipinski definition) is 3. The zero-order valence-electron chi connectivity index (χ0n) is 13.7. The van der Waals surface area contributed by atoms with Crippen molar-refractivity contribution in [2.24, 2.45) is 0 Å². The van der Waals surface area contributed by atoms with Gasteiger partial charge in [-0.3, -0.25) is 4.79 Å². The first kappa shape index (κ1) is 19.3. The summed E-state index contributed by atoms with van der Waals surface area (Å²) in [6.45, 7) is 0. The monoisotopic (exact) mass is 411 g/mol. The predicted octanol–water partition coefficient (Wildman–Crippen LogP) is 5.28. The molecule has 0 saturated carbocycles. The summed E-state index contributed by atoms with van der Waals surface area (Å²) in [6, 6.07) is 12.1. The maximum Gasteiger partial charge on any atom is 0.418 e. The van der Waals surface area contributed by atoms with Gasteiger partial charge in [-0.1, -0.05) is 11.6 Å². The average Bonchev–Trinajstić information content (AvgIpc) is 3.15. The number of nitrogens with one attached hydrogen (secondary N) is 1. The molecule has 0 fully saturated rings. The van der Waals surface area contributed by atoms with Gasteiger partial charge in [0.15, 0.2) is 0 Å². The third kappa shape index (κ3) is 5.05. The minimum Gasteiger partial charge on any atom is -0.325 e. The Hall–Kier alpha value is -2.45. The molecule has 3 aromatic rings. The lowest BCUT2D eigenvalue weighted by molar-refractivity contribution is -0.137. The number of anilines is 1. The predicted molar refractivity (Wildman–Crippen MR) is 99.4 cm³/mol. The van der Waals surface area contributed by atoms with Crippen LogP contribution in [0.25, 0.3) is 5.69 Å². The van der Waals surface area contributed by atoms with E-state index in [0.717, 1.165) is 11.0 Å². The van der Waals surface area contributed by atoms with Crippen LogP contribution in [-0.4, -0.2) is 21.4 Å². The molecule has 0 atom stereocenters. The molecule has 2 aromatic carbocycles. The Morgan fingerprint density at radius 2 is 1.93 bits per heavy atom. The van der Waals surface area contributed by atoms with Crippen LogP contribution in [0.1, 0.15) is 5.56 Å². The number of halogens is 4. The van der Waals surface area contributed by atoms with Gasteiger partial charge in [0.05, 0.1) is 22.7 Å². The van der Waals surface area contributed by atoms with Crippen LogP contribution in [0.15, 0.2) is 65.8 Å². The van der Waals surface area contributed by atoms with Crippen molar-refractivity contribution < 1.29 is 18.0 Å². The van der Waals surface area contributed by atoms with Gasteiger partial charge in [0.2, 0.25) is 5.91 Å². The molecule has 0 bridgehead atoms. The van der Waals surface area contributed by atoms with Gasteiger partial charge in [-0.2, -0.15) is 18.3 Å². The van der Waals surface area contributed by atoms with Crippen LogP contribution >= 0.6 is 23.4 Å². The number of hydrogen-bond donors (Lipinski definition) is 1. The molecular weight excluding hydrogens is 399 g/mol. The van der Waals surface area contributed by atoms with E-state index < -0.39 is 17.6 Å². The molecule has 9 heteroatoms. The van der Waals surface area contributed by atoms with Gasteiger partial charge in [0, 0.05) is 22.3 Å². The van der Waals surface area contributed by atoms with Crippen LogP contribution in [-0.2, 0) is 11.0 Å². The molecule has 1 N–H and O–H groups in total. The third-order valence-electron chi connectivity index (χ3n) is 3.54. The summed E-state index contributed by atoms with van der Waals surface area (Å²) >= 11 is 7.00. The van der Waals surface area contributed by atoms with E-state index >= 15 is 0 Å². The zero-order valence-corrected chi connectivity index (χ0v) is 15.3. The lowest BCUT2D eigenvalue weighted by Gasteiger charge is -2.15. The van der Waals surface area contributed by atoms with Crippen molar-refractivity contribution in [2.45, 2.75) is 11.1 Å². The Bertz CT molecular complexity index is 928. The highest BCUT2D eigenvalue weighted by molar-refractivity contribution is 8.00. The van der Waals surface area contributed by atoms with E-state index in [1.165, 1.54) is 41.0 Å². The molecule has 1 heterocycles. The Balaban J connectivity index is 1.75. The number of aromatic nitrogens is 2. The number of benzene rings is 2. The fourth-order valence-electron chi connectivity index (χ4n) is 2.31. The molecule has 1 aromatic heterocycles. The first-order chi connectivity index (χ1) is 12.8. The van der Waals surface area contributed by atoms with Gasteiger partial charge in [-0.25, -0.2) is 4.68 Å². The molecule has 1 amide bonds. The summed E-state index contributed by atoms with van der Waals surface area (Å²) < 4.78 is 41.5. The molecule has 0 saturated heterocycles. The van der Waals surface area contributed by atoms with Gasteiger partial charge >= 0.3 is 6.18 Å². The summed E-state index contributed by atoms with van der Waals surface area (Å²) in [5, 5.41) is 6.82. The second-order valence-electron chi connectivity index (χ2n) is 5.47. The SMILES string of the molecule is O=C(CSc1ccc(Cl)cc1)Nc1ccc(-n2cccn2)cc1C(F)(F)F. The van der Waals surface area contributed by atoms with Gasteiger partial charge in [0.25, 0.3) is 0 Å². The lowest BCUT2D eigenvalue weighted by Crippen LogP contribution is -2.18. The smallest absolute Gasteiger partial charge is 0.325 e. The van der Waals surface area contributed by atoms with Crippen LogP contribution in [0.5, 0.6) is 0 Å². The highest BCUT2D eigenvalue weighted by Crippen LogP contribution is 2.36. The maximum absolute atomic E-state index is 13.4. The second-order valence-corrected chi connectivity index (χ2v) is 6.95. The van der Waals surface area contributed by atoms with Crippen LogP contribution in [0, 0.1) is 0 Å². The molecule has 4 nitrogen and oxygen atoms in total. The van der Waals surface area contributed by atoms with E-state index in [0.29, 0.717) is 5.02 Å². The molecule has 0 aliphatic heterocycles. The fourth-order valence-corrected chi connectivity index (χ4v) is 3.13. The topological polar surface area (TPSA) is 46.9 Å². The van der Waals surface area contributed by atoms with Crippen molar-refractivity contribution >= 4 is 35.0 Å². The number of carbonyl (C=O) groups is 1. The highest BCUT2D eigenvalue weighted by atomic mass is 35.5. The van der Waals surface area contributed by atoms with E-state index in [9.17, 15) is 18.0 Å². The van der Waals surface area contributed by atoms with Gasteiger partial charge in [0.1, 0.15) is 0 Å². The Kier molecular flexibility index (Phi) is 5.76. The van der Waals surface area contributed by atoms with E-state index in [2.05, 4.69) is 10.4 Å². The largest absolute Gasteiger partial charge is 0.418 e. The number of alkyl halides is 3. The van der Waals surface area contributed by atoms with Crippen molar-refractivity contribution in [2.75, 3.05) is 11.1 Å². The number of nitrogens with zero attached hydrogens (tertiary/aromatic N) is 2. The molecule has 27 heavy (non-hydrogen) atoms. The minimum atomic E-state index is -4.62. The van der Waals surface area contributed by atoms with Gasteiger partial charge in [-0.05, 0) is 48.5 Å². The van der Waals surface area contributed by atoms with E-state index in [4.69, 9.17) is 11.6 Å². The number of carbonyl (C=O) groups excluding carboxylic acids is 1. The highest BCUT2D eigenvalue weighted by Gasteiger charge is 2.34. The molecule has 0 unspecified atom stereocenters. The Morgan fingerprint density at radius 1 is 1.19 bits per heavy atom. The van der Waals surface area contributed by atoms with E-state index in [1.807, 2.05) is 0 Å². The Labute approximate surface area is 162 Å². The van der Waals surface area contributed by atoms with Gasteiger partial charge < -0.3 is 5.32 Å². The first-order valence-electron chi connectivity index (χ1n) is 7.72. The molecule has 0 aliphatic rings. The molecule has 0 radical (unpaired) electrons.